The summed E-state index contributed by atoms with van der Waals surface area (Å²) in [6, 6.07) is 20.4. The number of benzene rings is 3. The van der Waals surface area contributed by atoms with Gasteiger partial charge < -0.3 is 9.84 Å². The minimum absolute atomic E-state index is 0.135. The van der Waals surface area contributed by atoms with Crippen LogP contribution in [0.5, 0.6) is 11.5 Å². The van der Waals surface area contributed by atoms with Crippen molar-refractivity contribution in [1.29, 1.82) is 0 Å². The fourth-order valence-corrected chi connectivity index (χ4v) is 2.73. The summed E-state index contributed by atoms with van der Waals surface area (Å²) in [6.07, 6.45) is 2.61. The van der Waals surface area contributed by atoms with Crippen LogP contribution in [0.4, 0.5) is 0 Å². The lowest BCUT2D eigenvalue weighted by Gasteiger charge is -2.09. The highest BCUT2D eigenvalue weighted by Crippen LogP contribution is 2.26. The van der Waals surface area contributed by atoms with Crippen molar-refractivity contribution < 1.29 is 19.4 Å². The fourth-order valence-electron chi connectivity index (χ4n) is 2.73. The Morgan fingerprint density at radius 1 is 0.844 bits per heavy atom. The number of carbonyl (C=O) groups excluding carboxylic acids is 2. The van der Waals surface area contributed by atoms with Gasteiger partial charge in [-0.05, 0) is 43.3 Å². The number of phenolic OH excluding ortho intramolecular Hbond substituents is 1. The number of nitrogens with zero attached hydrogens (tertiary/aromatic N) is 2. The molecule has 0 saturated heterocycles. The van der Waals surface area contributed by atoms with E-state index in [-0.39, 0.29) is 17.6 Å². The summed E-state index contributed by atoms with van der Waals surface area (Å²) < 4.78 is 5.53. The molecule has 0 unspecified atom stereocenters. The molecule has 3 aromatic rings. The second-order valence-corrected chi connectivity index (χ2v) is 6.51. The number of aromatic hydroxyl groups is 1. The van der Waals surface area contributed by atoms with Crippen LogP contribution in [0.1, 0.15) is 38.8 Å². The van der Waals surface area contributed by atoms with Gasteiger partial charge in [-0.25, -0.2) is 10.9 Å². The molecule has 0 saturated carbocycles. The fraction of sp³-hybridized carbons (Fsp3) is 0.0833. The Morgan fingerprint density at radius 3 is 1.69 bits per heavy atom. The van der Waals surface area contributed by atoms with Gasteiger partial charge in [0.2, 0.25) is 0 Å². The molecular weight excluding hydrogens is 408 g/mol. The molecule has 162 valence electrons. The van der Waals surface area contributed by atoms with E-state index in [0.717, 1.165) is 0 Å². The van der Waals surface area contributed by atoms with Crippen LogP contribution in [0.25, 0.3) is 0 Å². The van der Waals surface area contributed by atoms with E-state index < -0.39 is 0 Å². The first kappa shape index (κ1) is 22.2. The van der Waals surface area contributed by atoms with Gasteiger partial charge >= 0.3 is 0 Å². The van der Waals surface area contributed by atoms with E-state index in [1.54, 1.807) is 60.7 Å². The summed E-state index contributed by atoms with van der Waals surface area (Å²) in [5.41, 5.74) is 6.35. The van der Waals surface area contributed by atoms with Gasteiger partial charge in [0.05, 0.1) is 19.0 Å². The molecule has 0 aromatic heterocycles. The van der Waals surface area contributed by atoms with Crippen molar-refractivity contribution in [3.8, 4) is 11.5 Å². The van der Waals surface area contributed by atoms with Gasteiger partial charge in [-0.3, -0.25) is 9.59 Å². The van der Waals surface area contributed by atoms with Crippen molar-refractivity contribution in [3.05, 3.63) is 95.1 Å². The van der Waals surface area contributed by atoms with Crippen LogP contribution in [0.3, 0.4) is 0 Å². The summed E-state index contributed by atoms with van der Waals surface area (Å²) in [5.74, 6) is -0.429. The first-order valence-electron chi connectivity index (χ1n) is 9.85. The van der Waals surface area contributed by atoms with E-state index in [1.165, 1.54) is 12.4 Å². The molecule has 0 aliphatic carbocycles. The number of nitrogens with one attached hydrogen (secondary N) is 2. The SMILES string of the molecule is CCOc1cc(/C=N\NC(=O)c2ccccc2)c(O)c(/C=N\NC(=O)c2ccccc2)c1. The van der Waals surface area contributed by atoms with Gasteiger partial charge in [-0.15, -0.1) is 0 Å². The third-order valence-corrected chi connectivity index (χ3v) is 4.26. The maximum absolute atomic E-state index is 12.1. The molecule has 0 radical (unpaired) electrons. The van der Waals surface area contributed by atoms with E-state index in [0.29, 0.717) is 34.6 Å². The van der Waals surface area contributed by atoms with E-state index in [2.05, 4.69) is 21.1 Å². The second-order valence-electron chi connectivity index (χ2n) is 6.51. The number of hydrazone groups is 2. The first-order chi connectivity index (χ1) is 15.6. The van der Waals surface area contributed by atoms with E-state index in [9.17, 15) is 14.7 Å². The molecule has 2 amide bonds. The topological polar surface area (TPSA) is 112 Å². The molecular formula is C24H22N4O4. The van der Waals surface area contributed by atoms with Gasteiger partial charge in [-0.2, -0.15) is 10.2 Å². The van der Waals surface area contributed by atoms with Gasteiger partial charge in [0.15, 0.2) is 0 Å². The zero-order valence-corrected chi connectivity index (χ0v) is 17.4. The third kappa shape index (κ3) is 6.02. The van der Waals surface area contributed by atoms with Crippen LogP contribution in [0.2, 0.25) is 0 Å². The lowest BCUT2D eigenvalue weighted by atomic mass is 10.1. The minimum Gasteiger partial charge on any atom is -0.507 e. The number of carbonyl (C=O) groups is 2. The molecule has 0 spiro atoms. The summed E-state index contributed by atoms with van der Waals surface area (Å²) in [5, 5.41) is 18.4. The molecule has 0 aliphatic heterocycles. The van der Waals surface area contributed by atoms with Crippen molar-refractivity contribution in [1.82, 2.24) is 10.9 Å². The van der Waals surface area contributed by atoms with Crippen molar-refractivity contribution in [2.75, 3.05) is 6.61 Å². The summed E-state index contributed by atoms with van der Waals surface area (Å²) in [6.45, 7) is 2.24. The highest BCUT2D eigenvalue weighted by Gasteiger charge is 2.10. The molecule has 8 nitrogen and oxygen atoms in total. The highest BCUT2D eigenvalue weighted by atomic mass is 16.5. The van der Waals surface area contributed by atoms with Crippen molar-refractivity contribution in [2.24, 2.45) is 10.2 Å². The van der Waals surface area contributed by atoms with Crippen molar-refractivity contribution >= 4 is 24.2 Å². The van der Waals surface area contributed by atoms with Crippen molar-refractivity contribution in [2.45, 2.75) is 6.92 Å². The van der Waals surface area contributed by atoms with Crippen LogP contribution in [-0.4, -0.2) is 36.0 Å². The quantitative estimate of drug-likeness (QED) is 0.376. The zero-order valence-electron chi connectivity index (χ0n) is 17.4. The molecule has 8 heteroatoms. The highest BCUT2D eigenvalue weighted by molar-refractivity contribution is 5.97. The molecule has 32 heavy (non-hydrogen) atoms. The van der Waals surface area contributed by atoms with Crippen LogP contribution >= 0.6 is 0 Å². The Kier molecular flexibility index (Phi) is 7.69. The minimum atomic E-state index is -0.382. The predicted octanol–water partition coefficient (Wildman–Crippen LogP) is 3.32. The molecule has 3 rings (SSSR count). The molecule has 0 bridgehead atoms. The van der Waals surface area contributed by atoms with Gasteiger partial charge in [0.1, 0.15) is 11.5 Å². The summed E-state index contributed by atoms with van der Waals surface area (Å²) in [4.78, 5) is 24.2. The van der Waals surface area contributed by atoms with Gasteiger partial charge in [0.25, 0.3) is 11.8 Å². The van der Waals surface area contributed by atoms with E-state index >= 15 is 0 Å². The largest absolute Gasteiger partial charge is 0.507 e. The molecule has 3 aromatic carbocycles. The third-order valence-electron chi connectivity index (χ3n) is 4.26. The summed E-state index contributed by atoms with van der Waals surface area (Å²) in [7, 11) is 0. The number of hydrogen-bond acceptors (Lipinski definition) is 6. The smallest absolute Gasteiger partial charge is 0.271 e. The number of phenols is 1. The lowest BCUT2D eigenvalue weighted by molar-refractivity contribution is 0.0947. The zero-order chi connectivity index (χ0) is 22.8. The first-order valence-corrected chi connectivity index (χ1v) is 9.85. The van der Waals surface area contributed by atoms with Crippen molar-refractivity contribution in [3.63, 3.8) is 0 Å². The molecule has 3 N–H and O–H groups in total. The maximum Gasteiger partial charge on any atom is 0.271 e. The average Bonchev–Trinajstić information content (AvgIpc) is 2.82. The Hall–Kier alpha value is -4.46. The number of ether oxygens (including phenoxy) is 1. The van der Waals surface area contributed by atoms with E-state index in [1.807, 2.05) is 19.1 Å². The van der Waals surface area contributed by atoms with Gasteiger partial charge in [0, 0.05) is 22.3 Å². The molecule has 0 fully saturated rings. The molecule has 0 atom stereocenters. The number of hydrogen-bond donors (Lipinski definition) is 3. The number of amides is 2. The predicted molar refractivity (Wildman–Crippen MR) is 122 cm³/mol. The normalized spacial score (nSPS) is 10.9. The van der Waals surface area contributed by atoms with Crippen LogP contribution < -0.4 is 15.6 Å². The van der Waals surface area contributed by atoms with Crippen LogP contribution in [0.15, 0.2) is 83.0 Å². The van der Waals surface area contributed by atoms with Crippen LogP contribution in [-0.2, 0) is 0 Å². The molecule has 0 heterocycles. The lowest BCUT2D eigenvalue weighted by Crippen LogP contribution is -2.17. The number of rotatable bonds is 8. The Balaban J connectivity index is 1.75. The van der Waals surface area contributed by atoms with Crippen LogP contribution in [0, 0.1) is 0 Å². The Labute approximate surface area is 185 Å². The monoisotopic (exact) mass is 430 g/mol. The van der Waals surface area contributed by atoms with Gasteiger partial charge in [-0.1, -0.05) is 36.4 Å². The summed E-state index contributed by atoms with van der Waals surface area (Å²) >= 11 is 0. The molecule has 0 aliphatic rings. The average molecular weight is 430 g/mol. The standard InChI is InChI=1S/C24H22N4O4/c1-2-32-21-13-19(15-25-27-23(30)17-9-5-3-6-10-17)22(29)20(14-21)16-26-28-24(31)18-11-7-4-8-12-18/h3-16,29H,2H2,1H3,(H,27,30)(H,28,31)/b25-15-,26-16-. The maximum atomic E-state index is 12.1. The Bertz CT molecular complexity index is 1040. The van der Waals surface area contributed by atoms with E-state index in [4.69, 9.17) is 4.74 Å². The Morgan fingerprint density at radius 2 is 1.28 bits per heavy atom. The second kappa shape index (κ2) is 11.1.